The minimum atomic E-state index is 0.0678. The lowest BCUT2D eigenvalue weighted by Gasteiger charge is -2.07. The maximum absolute atomic E-state index is 12.3. The van der Waals surface area contributed by atoms with E-state index in [9.17, 15) is 9.59 Å². The summed E-state index contributed by atoms with van der Waals surface area (Å²) in [5, 5.41) is 6.01. The molecule has 0 fully saturated rings. The quantitative estimate of drug-likeness (QED) is 0.0500. The molecule has 54 heavy (non-hydrogen) atoms. The van der Waals surface area contributed by atoms with E-state index in [0.29, 0.717) is 25.9 Å². The van der Waals surface area contributed by atoms with E-state index in [1.165, 1.54) is 0 Å². The number of rotatable bonds is 23. The molecule has 4 rings (SSSR count). The largest absolute Gasteiger partial charge is 0.497 e. The Hall–Kier alpha value is -4.94. The van der Waals surface area contributed by atoms with Gasteiger partial charge in [-0.2, -0.15) is 0 Å². The molecule has 12 heteroatoms. The van der Waals surface area contributed by atoms with Crippen molar-refractivity contribution in [3.05, 3.63) is 108 Å². The Kier molecular flexibility index (Phi) is 18.3. The van der Waals surface area contributed by atoms with Gasteiger partial charge in [-0.15, -0.1) is 0 Å². The number of hydrogen-bond donors (Lipinski definition) is 2. The van der Waals surface area contributed by atoms with Crippen LogP contribution in [0.15, 0.2) is 85.5 Å². The zero-order valence-corrected chi connectivity index (χ0v) is 33.3. The van der Waals surface area contributed by atoms with Gasteiger partial charge in [0.05, 0.1) is 28.4 Å². The summed E-state index contributed by atoms with van der Waals surface area (Å²) in [4.78, 5) is 24.6. The van der Waals surface area contributed by atoms with Crippen molar-refractivity contribution < 1.29 is 37.7 Å². The molecule has 0 aliphatic carbocycles. The van der Waals surface area contributed by atoms with Gasteiger partial charge in [0.2, 0.25) is 11.8 Å². The van der Waals surface area contributed by atoms with Crippen molar-refractivity contribution >= 4 is 57.7 Å². The molecule has 0 aliphatic heterocycles. The molecule has 0 bridgehead atoms. The fourth-order valence-electron chi connectivity index (χ4n) is 5.35. The molecule has 0 aliphatic rings. The lowest BCUT2D eigenvalue weighted by Crippen LogP contribution is -2.34. The molecule has 2 heterocycles. The van der Waals surface area contributed by atoms with Crippen LogP contribution in [-0.4, -0.2) is 64.8 Å². The molecule has 2 N–H and O–H groups in total. The van der Waals surface area contributed by atoms with Crippen molar-refractivity contribution in [3.8, 4) is 23.0 Å². The average Bonchev–Trinajstić information content (AvgIpc) is 3.21. The number of methoxy groups -OCH3 is 4. The van der Waals surface area contributed by atoms with Crippen molar-refractivity contribution in [2.45, 2.75) is 38.8 Å². The topological polar surface area (TPSA) is 103 Å². The van der Waals surface area contributed by atoms with Crippen LogP contribution >= 0.6 is 21.6 Å². The Bertz CT molecular complexity index is 1680. The third-order valence-corrected chi connectivity index (χ3v) is 10.8. The lowest BCUT2D eigenvalue weighted by molar-refractivity contribution is -0.697. The normalized spacial score (nSPS) is 11.1. The van der Waals surface area contributed by atoms with Crippen LogP contribution in [0, 0.1) is 0 Å². The van der Waals surface area contributed by atoms with E-state index in [1.807, 2.05) is 85.5 Å². The van der Waals surface area contributed by atoms with Crippen LogP contribution in [-0.2, 0) is 22.7 Å². The molecule has 2 aromatic heterocycles. The summed E-state index contributed by atoms with van der Waals surface area (Å²) >= 11 is 0. The van der Waals surface area contributed by atoms with E-state index < -0.39 is 0 Å². The van der Waals surface area contributed by atoms with Gasteiger partial charge in [-0.05, 0) is 35.4 Å². The van der Waals surface area contributed by atoms with Crippen LogP contribution in [0.3, 0.4) is 0 Å². The zero-order chi connectivity index (χ0) is 38.4. The zero-order valence-electron chi connectivity index (χ0n) is 31.6. The van der Waals surface area contributed by atoms with Crippen molar-refractivity contribution in [2.24, 2.45) is 0 Å². The van der Waals surface area contributed by atoms with Gasteiger partial charge in [0.1, 0.15) is 36.1 Å². The van der Waals surface area contributed by atoms with Crippen LogP contribution in [0.4, 0.5) is 0 Å². The van der Waals surface area contributed by atoms with Gasteiger partial charge in [-0.3, -0.25) is 9.59 Å². The molecule has 2 aromatic carbocycles. The number of nitrogens with one attached hydrogen (secondary N) is 2. The first-order chi connectivity index (χ1) is 26.4. The van der Waals surface area contributed by atoms with E-state index in [4.69, 9.17) is 18.9 Å². The third-order valence-electron chi connectivity index (χ3n) is 8.36. The van der Waals surface area contributed by atoms with Gasteiger partial charge in [-0.1, -0.05) is 45.9 Å². The Morgan fingerprint density at radius 3 is 1.35 bits per heavy atom. The highest BCUT2D eigenvalue weighted by molar-refractivity contribution is 8.76. The predicted octanol–water partition coefficient (Wildman–Crippen LogP) is 6.51. The van der Waals surface area contributed by atoms with Crippen LogP contribution < -0.4 is 38.7 Å². The van der Waals surface area contributed by atoms with Crippen LogP contribution in [0.5, 0.6) is 23.0 Å². The highest BCUT2D eigenvalue weighted by atomic mass is 33.1. The van der Waals surface area contributed by atoms with E-state index in [0.717, 1.165) is 82.7 Å². The maximum Gasteiger partial charge on any atom is 0.220 e. The minimum absolute atomic E-state index is 0.0678. The second-order valence-electron chi connectivity index (χ2n) is 12.2. The van der Waals surface area contributed by atoms with Crippen molar-refractivity contribution in [1.29, 1.82) is 0 Å². The summed E-state index contributed by atoms with van der Waals surface area (Å²) < 4.78 is 25.6. The third kappa shape index (κ3) is 14.8. The molecule has 0 unspecified atom stereocenters. The lowest BCUT2D eigenvalue weighted by atomic mass is 10.1. The SMILES string of the molecule is COc1ccc(/C=C/c2cc[n+](CCCC(=O)NCCSSCCNC(=O)CCC[n+]3ccc(/C=C/c4ccc(OC)cc4OC)cc3)cc2)c(OC)c1. The number of nitrogens with zero attached hydrogens (tertiary/aromatic N) is 2. The summed E-state index contributed by atoms with van der Waals surface area (Å²) in [6.07, 6.45) is 18.7. The number of hydrogen-bond acceptors (Lipinski definition) is 8. The molecule has 0 radical (unpaired) electrons. The van der Waals surface area contributed by atoms with E-state index in [2.05, 4.69) is 44.0 Å². The summed E-state index contributed by atoms with van der Waals surface area (Å²) in [5.41, 5.74) is 4.10. The number of pyridine rings is 2. The first kappa shape index (κ1) is 41.8. The fourth-order valence-corrected chi connectivity index (χ4v) is 7.16. The monoisotopic (exact) mass is 772 g/mol. The van der Waals surface area contributed by atoms with Crippen molar-refractivity contribution in [1.82, 2.24) is 10.6 Å². The molecule has 0 saturated heterocycles. The maximum atomic E-state index is 12.3. The number of ether oxygens (including phenoxy) is 4. The van der Waals surface area contributed by atoms with Gasteiger partial charge in [0.25, 0.3) is 0 Å². The van der Waals surface area contributed by atoms with Gasteiger partial charge in [0, 0.05) is 97.8 Å². The molecule has 4 aromatic rings. The Morgan fingerprint density at radius 1 is 0.574 bits per heavy atom. The number of carbonyl (C=O) groups excluding carboxylic acids is 2. The summed E-state index contributed by atoms with van der Waals surface area (Å²) in [6, 6.07) is 19.7. The number of aromatic nitrogens is 2. The van der Waals surface area contributed by atoms with Gasteiger partial charge in [-0.25, -0.2) is 9.13 Å². The fraction of sp³-hybridized carbons (Fsp3) is 0.333. The number of carbonyl (C=O) groups is 2. The van der Waals surface area contributed by atoms with Crippen molar-refractivity contribution in [2.75, 3.05) is 53.0 Å². The second kappa shape index (κ2) is 23.7. The van der Waals surface area contributed by atoms with Crippen LogP contribution in [0.25, 0.3) is 24.3 Å². The Labute approximate surface area is 327 Å². The van der Waals surface area contributed by atoms with Crippen molar-refractivity contribution in [3.63, 3.8) is 0 Å². The van der Waals surface area contributed by atoms with Gasteiger partial charge >= 0.3 is 0 Å². The molecule has 0 atom stereocenters. The van der Waals surface area contributed by atoms with Crippen LogP contribution in [0.1, 0.15) is 47.9 Å². The second-order valence-corrected chi connectivity index (χ2v) is 14.9. The highest BCUT2D eigenvalue weighted by Crippen LogP contribution is 2.27. The predicted molar refractivity (Wildman–Crippen MR) is 220 cm³/mol. The van der Waals surface area contributed by atoms with Gasteiger partial charge in [0.15, 0.2) is 24.8 Å². The summed E-state index contributed by atoms with van der Waals surface area (Å²) in [5.74, 6) is 4.79. The highest BCUT2D eigenvalue weighted by Gasteiger charge is 2.08. The Balaban J connectivity index is 0.988. The molecule has 10 nitrogen and oxygen atoms in total. The standard InChI is InChI=1S/C42H50N4O6S2/c1-49-37-15-13-35(39(31-37)51-3)11-9-33-17-25-45(26-18-33)23-5-7-41(47)43-21-29-53-54-30-22-44-42(48)8-6-24-46-27-19-34(20-28-46)10-12-36-14-16-38(50-2)32-40(36)52-4/h9-20,25-28,31-32H,5-8,21-24,29-30H2,1-4H3/p+2/b11-9+,12-10+. The first-order valence-electron chi connectivity index (χ1n) is 18.0. The van der Waals surface area contributed by atoms with E-state index >= 15 is 0 Å². The summed E-state index contributed by atoms with van der Waals surface area (Å²) in [6.45, 7) is 2.80. The summed E-state index contributed by atoms with van der Waals surface area (Å²) in [7, 11) is 9.98. The minimum Gasteiger partial charge on any atom is -0.497 e. The molecule has 2 amide bonds. The molecule has 0 saturated carbocycles. The molecule has 0 spiro atoms. The smallest absolute Gasteiger partial charge is 0.220 e. The van der Waals surface area contributed by atoms with Crippen LogP contribution in [0.2, 0.25) is 0 Å². The number of amides is 2. The Morgan fingerprint density at radius 2 is 0.981 bits per heavy atom. The van der Waals surface area contributed by atoms with Gasteiger partial charge < -0.3 is 29.6 Å². The molecular weight excluding hydrogens is 721 g/mol. The van der Waals surface area contributed by atoms with E-state index in [-0.39, 0.29) is 11.8 Å². The number of aryl methyl sites for hydroxylation is 2. The molecular formula is C42H52N4O6S2+2. The molecule has 286 valence electrons. The first-order valence-corrected chi connectivity index (χ1v) is 20.5. The van der Waals surface area contributed by atoms with E-state index in [1.54, 1.807) is 50.0 Å². The number of benzene rings is 2. The average molecular weight is 773 g/mol.